The van der Waals surface area contributed by atoms with Crippen LogP contribution in [0.1, 0.15) is 44.2 Å². The summed E-state index contributed by atoms with van der Waals surface area (Å²) in [5.41, 5.74) is 3.57. The molecule has 0 unspecified atom stereocenters. The summed E-state index contributed by atoms with van der Waals surface area (Å²) in [4.78, 5) is 10.7. The molecule has 0 bridgehead atoms. The first-order valence-electron chi connectivity index (χ1n) is 8.97. The van der Waals surface area contributed by atoms with E-state index in [4.69, 9.17) is 14.6 Å². The minimum atomic E-state index is -0.909. The van der Waals surface area contributed by atoms with Gasteiger partial charge >= 0.3 is 5.97 Å². The Balaban J connectivity index is 2.16. The van der Waals surface area contributed by atoms with Crippen LogP contribution in [0, 0.1) is 11.7 Å². The molecule has 0 saturated heterocycles. The van der Waals surface area contributed by atoms with Crippen LogP contribution in [0.25, 0.3) is 6.08 Å². The number of aryl methyl sites for hydroxylation is 1. The molecule has 2 rings (SSSR count). The second kappa shape index (κ2) is 9.53. The predicted octanol–water partition coefficient (Wildman–Crippen LogP) is 4.63. The summed E-state index contributed by atoms with van der Waals surface area (Å²) in [6.45, 7) is 9.59. The largest absolute Gasteiger partial charge is 0.485 e. The van der Waals surface area contributed by atoms with Gasteiger partial charge in [-0.25, -0.2) is 4.39 Å². The van der Waals surface area contributed by atoms with E-state index in [9.17, 15) is 9.18 Å². The first-order valence-corrected chi connectivity index (χ1v) is 8.97. The molecule has 26 heavy (non-hydrogen) atoms. The highest BCUT2D eigenvalue weighted by atomic mass is 19.1. The van der Waals surface area contributed by atoms with Crippen molar-refractivity contribution in [2.24, 2.45) is 5.92 Å². The van der Waals surface area contributed by atoms with E-state index in [1.165, 1.54) is 17.7 Å². The molecule has 1 heterocycles. The minimum Gasteiger partial charge on any atom is -0.485 e. The average Bonchev–Trinajstić information content (AvgIpc) is 2.59. The number of carboxylic acids is 1. The van der Waals surface area contributed by atoms with Crippen LogP contribution in [0.3, 0.4) is 0 Å². The van der Waals surface area contributed by atoms with E-state index < -0.39 is 11.8 Å². The van der Waals surface area contributed by atoms with E-state index >= 15 is 0 Å². The molecule has 1 aliphatic heterocycles. The summed E-state index contributed by atoms with van der Waals surface area (Å²) in [5.74, 6) is -0.702. The normalized spacial score (nSPS) is 14.6. The fraction of sp³-hybridized carbons (Fsp3) is 0.476. The Morgan fingerprint density at radius 2 is 2.19 bits per heavy atom. The van der Waals surface area contributed by atoms with E-state index in [0.717, 1.165) is 25.0 Å². The molecule has 5 heteroatoms. The molecular formula is C21H27FO4. The van der Waals surface area contributed by atoms with Crippen molar-refractivity contribution in [3.8, 4) is 5.75 Å². The zero-order chi connectivity index (χ0) is 19.1. The van der Waals surface area contributed by atoms with Crippen LogP contribution in [-0.2, 0) is 16.0 Å². The van der Waals surface area contributed by atoms with Crippen LogP contribution in [0.15, 0.2) is 29.9 Å². The Bertz CT molecular complexity index is 691. The number of rotatable bonds is 9. The number of hydrogen-bond acceptors (Lipinski definition) is 3. The van der Waals surface area contributed by atoms with E-state index in [2.05, 4.69) is 20.4 Å². The third kappa shape index (κ3) is 5.70. The topological polar surface area (TPSA) is 55.8 Å². The van der Waals surface area contributed by atoms with E-state index in [1.54, 1.807) is 6.07 Å². The summed E-state index contributed by atoms with van der Waals surface area (Å²) in [5, 5.41) is 8.79. The Kier molecular flexibility index (Phi) is 7.39. The van der Waals surface area contributed by atoms with Crippen molar-refractivity contribution in [1.29, 1.82) is 0 Å². The van der Waals surface area contributed by atoms with Gasteiger partial charge in [-0.05, 0) is 48.4 Å². The number of benzene rings is 1. The fourth-order valence-corrected chi connectivity index (χ4v) is 3.08. The van der Waals surface area contributed by atoms with E-state index in [0.29, 0.717) is 23.7 Å². The first-order chi connectivity index (χ1) is 12.4. The highest BCUT2D eigenvalue weighted by Gasteiger charge is 2.17. The summed E-state index contributed by atoms with van der Waals surface area (Å²) >= 11 is 0. The zero-order valence-electron chi connectivity index (χ0n) is 15.5. The highest BCUT2D eigenvalue weighted by Crippen LogP contribution is 2.29. The van der Waals surface area contributed by atoms with Gasteiger partial charge in [0, 0.05) is 12.0 Å². The zero-order valence-corrected chi connectivity index (χ0v) is 15.5. The van der Waals surface area contributed by atoms with Crippen LogP contribution in [0.4, 0.5) is 4.39 Å². The predicted molar refractivity (Wildman–Crippen MR) is 99.9 cm³/mol. The minimum absolute atomic E-state index is 0.0426. The molecule has 0 radical (unpaired) electrons. The summed E-state index contributed by atoms with van der Waals surface area (Å²) in [6.07, 6.45) is 3.64. The number of hydrogen-bond donors (Lipinski definition) is 1. The lowest BCUT2D eigenvalue weighted by atomic mass is 9.95. The molecule has 0 spiro atoms. The van der Waals surface area contributed by atoms with Crippen molar-refractivity contribution < 1.29 is 23.8 Å². The fourth-order valence-electron chi connectivity index (χ4n) is 3.08. The number of carboxylic acid groups (broad SMARTS) is 1. The molecule has 0 amide bonds. The maximum atomic E-state index is 14.5. The van der Waals surface area contributed by atoms with Gasteiger partial charge in [0.2, 0.25) is 0 Å². The molecule has 1 aromatic rings. The van der Waals surface area contributed by atoms with Crippen LogP contribution in [-0.4, -0.2) is 30.9 Å². The molecule has 1 aromatic carbocycles. The Hall–Kier alpha value is -2.14. The molecule has 142 valence electrons. The maximum Gasteiger partial charge on any atom is 0.303 e. The number of carbonyl (C=O) groups is 1. The van der Waals surface area contributed by atoms with Crippen molar-refractivity contribution in [3.05, 3.63) is 46.8 Å². The first kappa shape index (κ1) is 20.2. The number of halogens is 1. The molecule has 1 N–H and O–H groups in total. The van der Waals surface area contributed by atoms with Crippen LogP contribution in [0.5, 0.6) is 5.75 Å². The van der Waals surface area contributed by atoms with E-state index in [1.807, 2.05) is 0 Å². The Morgan fingerprint density at radius 1 is 1.42 bits per heavy atom. The van der Waals surface area contributed by atoms with E-state index in [-0.39, 0.29) is 25.2 Å². The lowest BCUT2D eigenvalue weighted by Gasteiger charge is -2.23. The van der Waals surface area contributed by atoms with Gasteiger partial charge < -0.3 is 14.6 Å². The monoisotopic (exact) mass is 362 g/mol. The molecule has 4 nitrogen and oxygen atoms in total. The molecule has 0 aliphatic carbocycles. The maximum absolute atomic E-state index is 14.5. The SMILES string of the molecule is C=Cc1cc(CCC(=O)O)cc(F)c1OCC1=C(CC(C)C)CCOC1. The molecule has 0 atom stereocenters. The van der Waals surface area contributed by atoms with Crippen LogP contribution < -0.4 is 4.74 Å². The van der Waals surface area contributed by atoms with Crippen molar-refractivity contribution in [3.63, 3.8) is 0 Å². The molecule has 0 aromatic heterocycles. The van der Waals surface area contributed by atoms with Gasteiger partial charge in [-0.1, -0.05) is 32.1 Å². The average molecular weight is 362 g/mol. The lowest BCUT2D eigenvalue weighted by Crippen LogP contribution is -2.18. The Morgan fingerprint density at radius 3 is 2.85 bits per heavy atom. The van der Waals surface area contributed by atoms with Crippen LogP contribution in [0.2, 0.25) is 0 Å². The molecule has 0 saturated carbocycles. The smallest absolute Gasteiger partial charge is 0.303 e. The Labute approximate surface area is 154 Å². The second-order valence-corrected chi connectivity index (χ2v) is 6.99. The highest BCUT2D eigenvalue weighted by molar-refractivity contribution is 5.67. The van der Waals surface area contributed by atoms with Gasteiger partial charge in [0.1, 0.15) is 6.61 Å². The summed E-state index contributed by atoms with van der Waals surface area (Å²) in [7, 11) is 0. The van der Waals surface area contributed by atoms with Gasteiger partial charge in [0.25, 0.3) is 0 Å². The van der Waals surface area contributed by atoms with Gasteiger partial charge in [-0.2, -0.15) is 0 Å². The number of ether oxygens (including phenoxy) is 2. The van der Waals surface area contributed by atoms with Crippen molar-refractivity contribution in [2.75, 3.05) is 19.8 Å². The van der Waals surface area contributed by atoms with Crippen LogP contribution >= 0.6 is 0 Å². The second-order valence-electron chi connectivity index (χ2n) is 6.99. The van der Waals surface area contributed by atoms with Gasteiger partial charge in [-0.15, -0.1) is 0 Å². The quantitative estimate of drug-likeness (QED) is 0.651. The third-order valence-electron chi connectivity index (χ3n) is 4.35. The summed E-state index contributed by atoms with van der Waals surface area (Å²) < 4.78 is 25.8. The van der Waals surface area contributed by atoms with Crippen molar-refractivity contribution in [1.82, 2.24) is 0 Å². The molecule has 0 fully saturated rings. The standard InChI is InChI=1S/C21H27FO4/c1-4-16-10-15(5-6-20(23)24)11-19(22)21(16)26-13-18-12-25-8-7-17(18)9-14(2)3/h4,10-11,14H,1,5-9,12-13H2,2-3H3,(H,23,24). The number of aliphatic carboxylic acids is 1. The summed E-state index contributed by atoms with van der Waals surface area (Å²) in [6, 6.07) is 3.07. The van der Waals surface area contributed by atoms with Crippen molar-refractivity contribution >= 4 is 12.0 Å². The van der Waals surface area contributed by atoms with Crippen molar-refractivity contribution in [2.45, 2.75) is 39.5 Å². The molecular weight excluding hydrogens is 335 g/mol. The lowest BCUT2D eigenvalue weighted by molar-refractivity contribution is -0.136. The molecule has 1 aliphatic rings. The van der Waals surface area contributed by atoms with Gasteiger partial charge in [-0.3, -0.25) is 4.79 Å². The van der Waals surface area contributed by atoms with Gasteiger partial charge in [0.15, 0.2) is 11.6 Å². The van der Waals surface area contributed by atoms with Gasteiger partial charge in [0.05, 0.1) is 13.2 Å². The third-order valence-corrected chi connectivity index (χ3v) is 4.35.